The van der Waals surface area contributed by atoms with E-state index in [1.165, 1.54) is 12.1 Å². The summed E-state index contributed by atoms with van der Waals surface area (Å²) >= 11 is 0. The van der Waals surface area contributed by atoms with Crippen molar-refractivity contribution < 1.29 is 18.6 Å². The van der Waals surface area contributed by atoms with E-state index in [0.29, 0.717) is 24.6 Å². The number of hydrogen-bond donors (Lipinski definition) is 2. The Morgan fingerprint density at radius 2 is 1.83 bits per heavy atom. The summed E-state index contributed by atoms with van der Waals surface area (Å²) in [4.78, 5) is 11.2. The highest BCUT2D eigenvalue weighted by Gasteiger charge is 2.21. The van der Waals surface area contributed by atoms with Crippen LogP contribution in [0.3, 0.4) is 0 Å². The first-order valence-corrected chi connectivity index (χ1v) is 12.3. The molecule has 9 heteroatoms. The van der Waals surface area contributed by atoms with E-state index in [0.717, 1.165) is 56.7 Å². The Morgan fingerprint density at radius 3 is 2.46 bits per heavy atom. The maximum atomic E-state index is 14.6. The van der Waals surface area contributed by atoms with Crippen LogP contribution in [0.5, 0.6) is 5.75 Å². The number of piperidine rings is 1. The molecule has 3 aromatic rings. The molecule has 1 saturated heterocycles. The molecular weight excluding hydrogens is 452 g/mol. The number of rotatable bonds is 10. The van der Waals surface area contributed by atoms with Crippen LogP contribution < -0.4 is 9.64 Å². The molecule has 1 fully saturated rings. The van der Waals surface area contributed by atoms with Gasteiger partial charge in [-0.25, -0.2) is 18.7 Å². The summed E-state index contributed by atoms with van der Waals surface area (Å²) in [5.74, 6) is 0.112. The number of H-pyrrole nitrogens is 1. The SMILES string of the molecule is CCc1cnc(N2CCC(CCCOc3cc(F)c(-c4cc(C[C@H](C)O)[nH]n4)c(F)c3)CC2)nc1. The highest BCUT2D eigenvalue weighted by molar-refractivity contribution is 5.62. The van der Waals surface area contributed by atoms with Gasteiger partial charge in [-0.1, -0.05) is 6.92 Å². The second-order valence-corrected chi connectivity index (χ2v) is 9.26. The highest BCUT2D eigenvalue weighted by Crippen LogP contribution is 2.30. The molecule has 1 aliphatic rings. The largest absolute Gasteiger partial charge is 0.493 e. The Morgan fingerprint density at radius 1 is 1.14 bits per heavy atom. The number of anilines is 1. The van der Waals surface area contributed by atoms with Crippen molar-refractivity contribution in [2.75, 3.05) is 24.6 Å². The zero-order chi connectivity index (χ0) is 24.8. The number of aromatic amines is 1. The maximum Gasteiger partial charge on any atom is 0.225 e. The highest BCUT2D eigenvalue weighted by atomic mass is 19.1. The van der Waals surface area contributed by atoms with Crippen LogP contribution in [-0.4, -0.2) is 51.1 Å². The van der Waals surface area contributed by atoms with Gasteiger partial charge in [0, 0.05) is 49.7 Å². The van der Waals surface area contributed by atoms with Crippen molar-refractivity contribution in [1.82, 2.24) is 20.2 Å². The topological polar surface area (TPSA) is 87.2 Å². The summed E-state index contributed by atoms with van der Waals surface area (Å²) < 4.78 is 34.9. The monoisotopic (exact) mass is 485 g/mol. The van der Waals surface area contributed by atoms with E-state index in [4.69, 9.17) is 4.74 Å². The van der Waals surface area contributed by atoms with Gasteiger partial charge in [-0.2, -0.15) is 5.10 Å². The molecule has 0 saturated carbocycles. The van der Waals surface area contributed by atoms with Crippen LogP contribution >= 0.6 is 0 Å². The Labute approximate surface area is 204 Å². The first-order valence-electron chi connectivity index (χ1n) is 12.3. The van der Waals surface area contributed by atoms with Gasteiger partial charge in [-0.05, 0) is 56.6 Å². The molecule has 35 heavy (non-hydrogen) atoms. The molecule has 2 N–H and O–H groups in total. The van der Waals surface area contributed by atoms with E-state index in [2.05, 4.69) is 32.0 Å². The van der Waals surface area contributed by atoms with Crippen molar-refractivity contribution in [1.29, 1.82) is 0 Å². The number of aliphatic hydroxyl groups excluding tert-OH is 1. The van der Waals surface area contributed by atoms with Gasteiger partial charge < -0.3 is 14.7 Å². The second kappa shape index (κ2) is 11.6. The molecule has 1 aliphatic heterocycles. The van der Waals surface area contributed by atoms with Crippen LogP contribution in [0.15, 0.2) is 30.6 Å². The van der Waals surface area contributed by atoms with Crippen LogP contribution in [0, 0.1) is 17.6 Å². The third-order valence-corrected chi connectivity index (χ3v) is 6.44. The molecular formula is C26H33F2N5O2. The average molecular weight is 486 g/mol. The lowest BCUT2D eigenvalue weighted by Crippen LogP contribution is -2.35. The number of ether oxygens (including phenoxy) is 1. The Bertz CT molecular complexity index is 1070. The van der Waals surface area contributed by atoms with E-state index in [1.807, 2.05) is 12.4 Å². The van der Waals surface area contributed by atoms with Gasteiger partial charge in [0.15, 0.2) is 0 Å². The summed E-state index contributed by atoms with van der Waals surface area (Å²) in [6.45, 7) is 5.99. The van der Waals surface area contributed by atoms with E-state index in [-0.39, 0.29) is 17.0 Å². The standard InChI is InChI=1S/C26H33F2N5O2/c1-3-18-15-29-26(30-16-18)33-8-6-19(7-9-33)5-4-10-35-21-13-22(27)25(23(28)14-21)24-12-20(31-32-24)11-17(2)34/h12-17,19,34H,3-11H2,1-2H3,(H,31,32)/t17-/m0/s1. The Balaban J connectivity index is 1.23. The number of aromatic nitrogens is 4. The van der Waals surface area contributed by atoms with Crippen molar-refractivity contribution in [2.45, 2.75) is 58.5 Å². The fraction of sp³-hybridized carbons (Fsp3) is 0.500. The van der Waals surface area contributed by atoms with Gasteiger partial charge in [0.2, 0.25) is 5.95 Å². The zero-order valence-corrected chi connectivity index (χ0v) is 20.3. The van der Waals surface area contributed by atoms with Gasteiger partial charge in [0.05, 0.1) is 24.0 Å². The van der Waals surface area contributed by atoms with E-state index < -0.39 is 17.7 Å². The molecule has 0 unspecified atom stereocenters. The molecule has 7 nitrogen and oxygen atoms in total. The molecule has 0 radical (unpaired) electrons. The minimum Gasteiger partial charge on any atom is -0.493 e. The van der Waals surface area contributed by atoms with E-state index in [1.54, 1.807) is 13.0 Å². The number of benzene rings is 1. The maximum absolute atomic E-state index is 14.6. The quantitative estimate of drug-likeness (QED) is 0.405. The lowest BCUT2D eigenvalue weighted by Gasteiger charge is -2.32. The van der Waals surface area contributed by atoms with Crippen LogP contribution in [0.1, 0.15) is 50.8 Å². The molecule has 1 atom stereocenters. The van der Waals surface area contributed by atoms with Gasteiger partial charge >= 0.3 is 0 Å². The molecule has 188 valence electrons. The Kier molecular flexibility index (Phi) is 8.28. The molecule has 2 aromatic heterocycles. The number of aliphatic hydroxyl groups is 1. The minimum atomic E-state index is -0.725. The van der Waals surface area contributed by atoms with E-state index >= 15 is 0 Å². The van der Waals surface area contributed by atoms with Crippen LogP contribution in [0.2, 0.25) is 0 Å². The lowest BCUT2D eigenvalue weighted by atomic mass is 9.92. The fourth-order valence-corrected chi connectivity index (χ4v) is 4.47. The average Bonchev–Trinajstić information content (AvgIpc) is 3.29. The number of halogens is 2. The number of nitrogens with one attached hydrogen (secondary N) is 1. The zero-order valence-electron chi connectivity index (χ0n) is 20.3. The van der Waals surface area contributed by atoms with Crippen LogP contribution in [0.4, 0.5) is 14.7 Å². The molecule has 0 spiro atoms. The summed E-state index contributed by atoms with van der Waals surface area (Å²) in [6.07, 6.45) is 8.44. The first kappa shape index (κ1) is 25.0. The Hall–Kier alpha value is -3.07. The minimum absolute atomic E-state index is 0.167. The number of aryl methyl sites for hydroxylation is 1. The normalized spacial score (nSPS) is 15.4. The summed E-state index contributed by atoms with van der Waals surface area (Å²) in [7, 11) is 0. The van der Waals surface area contributed by atoms with Crippen molar-refractivity contribution >= 4 is 5.95 Å². The molecule has 4 rings (SSSR count). The van der Waals surface area contributed by atoms with E-state index in [9.17, 15) is 13.9 Å². The summed E-state index contributed by atoms with van der Waals surface area (Å²) in [5, 5.41) is 16.2. The van der Waals surface area contributed by atoms with Gasteiger partial charge in [-0.15, -0.1) is 0 Å². The van der Waals surface area contributed by atoms with Crippen molar-refractivity contribution in [2.24, 2.45) is 5.92 Å². The van der Waals surface area contributed by atoms with Crippen molar-refractivity contribution in [3.05, 3.63) is 53.5 Å². The lowest BCUT2D eigenvalue weighted by molar-refractivity contribution is 0.194. The molecule has 3 heterocycles. The number of nitrogens with zero attached hydrogens (tertiary/aromatic N) is 4. The predicted octanol–water partition coefficient (Wildman–Crippen LogP) is 4.71. The van der Waals surface area contributed by atoms with Crippen molar-refractivity contribution in [3.8, 4) is 17.0 Å². The van der Waals surface area contributed by atoms with Gasteiger partial charge in [0.25, 0.3) is 0 Å². The first-order chi connectivity index (χ1) is 16.9. The van der Waals surface area contributed by atoms with Crippen LogP contribution in [0.25, 0.3) is 11.3 Å². The van der Waals surface area contributed by atoms with Gasteiger partial charge in [0.1, 0.15) is 17.4 Å². The molecule has 0 amide bonds. The fourth-order valence-electron chi connectivity index (χ4n) is 4.47. The van der Waals surface area contributed by atoms with Crippen LogP contribution in [-0.2, 0) is 12.8 Å². The number of hydrogen-bond acceptors (Lipinski definition) is 6. The molecule has 1 aromatic carbocycles. The third kappa shape index (κ3) is 6.54. The summed E-state index contributed by atoms with van der Waals surface area (Å²) in [5.41, 5.74) is 1.72. The predicted molar refractivity (Wildman–Crippen MR) is 130 cm³/mol. The van der Waals surface area contributed by atoms with Gasteiger partial charge in [-0.3, -0.25) is 5.10 Å². The molecule has 0 aliphatic carbocycles. The molecule has 0 bridgehead atoms. The van der Waals surface area contributed by atoms with Crippen molar-refractivity contribution in [3.63, 3.8) is 0 Å². The second-order valence-electron chi connectivity index (χ2n) is 9.26. The third-order valence-electron chi connectivity index (χ3n) is 6.44. The smallest absolute Gasteiger partial charge is 0.225 e. The summed E-state index contributed by atoms with van der Waals surface area (Å²) in [6, 6.07) is 3.94.